The van der Waals surface area contributed by atoms with Crippen LogP contribution in [-0.4, -0.2) is 29.2 Å². The van der Waals surface area contributed by atoms with E-state index in [9.17, 15) is 9.59 Å². The van der Waals surface area contributed by atoms with Gasteiger partial charge in [0.1, 0.15) is 6.04 Å². The van der Waals surface area contributed by atoms with E-state index in [1.54, 1.807) is 0 Å². The second-order valence-corrected chi connectivity index (χ2v) is 5.02. The average Bonchev–Trinajstić information content (AvgIpc) is 2.35. The van der Waals surface area contributed by atoms with Crippen molar-refractivity contribution >= 4 is 12.0 Å². The Hall–Kier alpha value is -1.26. The first kappa shape index (κ1) is 17.7. The fraction of sp³-hybridized carbons (Fsp3) is 0.857. The minimum Gasteiger partial charge on any atom is -0.480 e. The molecule has 0 aliphatic carbocycles. The fourth-order valence-corrected chi connectivity index (χ4v) is 2.19. The van der Waals surface area contributed by atoms with Crippen molar-refractivity contribution in [3.05, 3.63) is 0 Å². The van der Waals surface area contributed by atoms with Crippen LogP contribution in [0.25, 0.3) is 0 Å². The van der Waals surface area contributed by atoms with E-state index in [0.29, 0.717) is 12.3 Å². The van der Waals surface area contributed by atoms with Crippen molar-refractivity contribution < 1.29 is 14.7 Å². The maximum Gasteiger partial charge on any atom is 0.326 e. The molecule has 0 aliphatic heterocycles. The summed E-state index contributed by atoms with van der Waals surface area (Å²) >= 11 is 0. The molecule has 0 heterocycles. The Morgan fingerprint density at radius 2 is 1.68 bits per heavy atom. The molecular weight excluding hydrogens is 244 g/mol. The molecule has 0 radical (unpaired) electrons. The largest absolute Gasteiger partial charge is 0.480 e. The van der Waals surface area contributed by atoms with E-state index in [0.717, 1.165) is 25.7 Å². The lowest BCUT2D eigenvalue weighted by atomic mass is 9.96. The molecule has 0 rings (SSSR count). The van der Waals surface area contributed by atoms with Gasteiger partial charge in [-0.15, -0.1) is 0 Å². The summed E-state index contributed by atoms with van der Waals surface area (Å²) in [7, 11) is 0. The molecule has 2 atom stereocenters. The first-order chi connectivity index (χ1) is 8.96. The van der Waals surface area contributed by atoms with E-state index in [1.807, 2.05) is 13.8 Å². The zero-order chi connectivity index (χ0) is 14.8. The van der Waals surface area contributed by atoms with E-state index >= 15 is 0 Å². The minimum absolute atomic E-state index is 0.0515. The molecule has 0 bridgehead atoms. The highest BCUT2D eigenvalue weighted by Gasteiger charge is 2.21. The van der Waals surface area contributed by atoms with Crippen LogP contribution in [-0.2, 0) is 4.79 Å². The van der Waals surface area contributed by atoms with Crippen LogP contribution in [0.5, 0.6) is 0 Å². The van der Waals surface area contributed by atoms with E-state index in [-0.39, 0.29) is 12.1 Å². The van der Waals surface area contributed by atoms with Gasteiger partial charge < -0.3 is 15.7 Å². The first-order valence-electron chi connectivity index (χ1n) is 7.25. The van der Waals surface area contributed by atoms with Crippen LogP contribution < -0.4 is 10.6 Å². The smallest absolute Gasteiger partial charge is 0.326 e. The van der Waals surface area contributed by atoms with Crippen LogP contribution >= 0.6 is 0 Å². The lowest BCUT2D eigenvalue weighted by Crippen LogP contribution is -2.49. The van der Waals surface area contributed by atoms with Crippen LogP contribution in [0.3, 0.4) is 0 Å². The Bertz CT molecular complexity index is 278. The number of carbonyl (C=O) groups is 2. The highest BCUT2D eigenvalue weighted by atomic mass is 16.4. The van der Waals surface area contributed by atoms with E-state index in [2.05, 4.69) is 24.5 Å². The summed E-state index contributed by atoms with van der Waals surface area (Å²) in [5, 5.41) is 14.4. The Kier molecular flexibility index (Phi) is 9.00. The number of carboxylic acid groups (broad SMARTS) is 1. The number of nitrogens with one attached hydrogen (secondary N) is 2. The lowest BCUT2D eigenvalue weighted by molar-refractivity contribution is -0.139. The van der Waals surface area contributed by atoms with Gasteiger partial charge in [0.2, 0.25) is 0 Å². The molecule has 0 aromatic carbocycles. The van der Waals surface area contributed by atoms with Gasteiger partial charge in [0.25, 0.3) is 0 Å². The van der Waals surface area contributed by atoms with Gasteiger partial charge in [0.15, 0.2) is 0 Å². The fourth-order valence-electron chi connectivity index (χ4n) is 2.19. The Labute approximate surface area is 116 Å². The third-order valence-electron chi connectivity index (χ3n) is 3.56. The molecule has 2 amide bonds. The van der Waals surface area contributed by atoms with Gasteiger partial charge in [0.05, 0.1) is 0 Å². The maximum atomic E-state index is 11.8. The molecule has 0 saturated heterocycles. The van der Waals surface area contributed by atoms with Crippen molar-refractivity contribution in [2.24, 2.45) is 5.92 Å². The number of urea groups is 1. The molecule has 2 unspecified atom stereocenters. The van der Waals surface area contributed by atoms with Crippen molar-refractivity contribution in [3.8, 4) is 0 Å². The first-order valence-corrected chi connectivity index (χ1v) is 7.25. The van der Waals surface area contributed by atoms with Crippen LogP contribution in [0.15, 0.2) is 0 Å². The minimum atomic E-state index is -0.973. The predicted octanol–water partition coefficient (Wildman–Crippen LogP) is 2.75. The summed E-state index contributed by atoms with van der Waals surface area (Å²) in [6.45, 7) is 8.13. The van der Waals surface area contributed by atoms with E-state index in [4.69, 9.17) is 5.11 Å². The molecule has 0 aromatic rings. The van der Waals surface area contributed by atoms with Crippen molar-refractivity contribution in [2.75, 3.05) is 0 Å². The van der Waals surface area contributed by atoms with Crippen molar-refractivity contribution in [1.29, 1.82) is 0 Å². The van der Waals surface area contributed by atoms with Gasteiger partial charge >= 0.3 is 12.0 Å². The van der Waals surface area contributed by atoms with E-state index < -0.39 is 12.0 Å². The summed E-state index contributed by atoms with van der Waals surface area (Å²) in [5.41, 5.74) is 0. The molecule has 0 aliphatic rings. The van der Waals surface area contributed by atoms with Crippen LogP contribution in [0, 0.1) is 5.92 Å². The predicted molar refractivity (Wildman–Crippen MR) is 76.2 cm³/mol. The van der Waals surface area contributed by atoms with Crippen LogP contribution in [0.1, 0.15) is 59.8 Å². The SMILES string of the molecule is CCCCC(NC(=O)NC(C)C(CC)CC)C(=O)O. The third kappa shape index (κ3) is 7.03. The molecule has 0 spiro atoms. The summed E-state index contributed by atoms with van der Waals surface area (Å²) in [5.74, 6) is -0.552. The second-order valence-electron chi connectivity index (χ2n) is 5.02. The molecule has 0 aromatic heterocycles. The highest BCUT2D eigenvalue weighted by Crippen LogP contribution is 2.12. The maximum absolute atomic E-state index is 11.8. The van der Waals surface area contributed by atoms with Gasteiger partial charge in [-0.1, -0.05) is 46.5 Å². The normalized spacial score (nSPS) is 13.9. The summed E-state index contributed by atoms with van der Waals surface area (Å²) in [4.78, 5) is 22.8. The lowest BCUT2D eigenvalue weighted by Gasteiger charge is -2.24. The summed E-state index contributed by atoms with van der Waals surface area (Å²) in [6, 6.07) is -1.13. The highest BCUT2D eigenvalue weighted by molar-refractivity contribution is 5.82. The number of rotatable bonds is 9. The Morgan fingerprint density at radius 1 is 1.11 bits per heavy atom. The zero-order valence-electron chi connectivity index (χ0n) is 12.5. The second kappa shape index (κ2) is 9.64. The van der Waals surface area contributed by atoms with Gasteiger partial charge in [0, 0.05) is 6.04 Å². The van der Waals surface area contributed by atoms with Crippen molar-refractivity contribution in [3.63, 3.8) is 0 Å². The average molecular weight is 272 g/mol. The van der Waals surface area contributed by atoms with Gasteiger partial charge in [-0.2, -0.15) is 0 Å². The number of hydrogen-bond donors (Lipinski definition) is 3. The number of carboxylic acids is 1. The standard InChI is InChI=1S/C14H28N2O3/c1-5-8-9-12(13(17)18)16-14(19)15-10(4)11(6-2)7-3/h10-12H,5-9H2,1-4H3,(H,17,18)(H2,15,16,19). The Balaban J connectivity index is 4.29. The van der Waals surface area contributed by atoms with Crippen molar-refractivity contribution in [2.45, 2.75) is 71.9 Å². The quantitative estimate of drug-likeness (QED) is 0.604. The number of carbonyl (C=O) groups excluding carboxylic acids is 1. The number of unbranched alkanes of at least 4 members (excludes halogenated alkanes) is 1. The van der Waals surface area contributed by atoms with E-state index in [1.165, 1.54) is 0 Å². The molecule has 5 nitrogen and oxygen atoms in total. The molecule has 3 N–H and O–H groups in total. The van der Waals surface area contributed by atoms with Gasteiger partial charge in [-0.25, -0.2) is 9.59 Å². The van der Waals surface area contributed by atoms with Gasteiger partial charge in [-0.05, 0) is 19.3 Å². The van der Waals surface area contributed by atoms with Crippen LogP contribution in [0.2, 0.25) is 0 Å². The molecule has 5 heteroatoms. The number of hydrogen-bond acceptors (Lipinski definition) is 2. The monoisotopic (exact) mass is 272 g/mol. The molecule has 0 fully saturated rings. The Morgan fingerprint density at radius 3 is 2.11 bits per heavy atom. The molecule has 112 valence electrons. The number of amides is 2. The van der Waals surface area contributed by atoms with Crippen molar-refractivity contribution in [1.82, 2.24) is 10.6 Å². The summed E-state index contributed by atoms with van der Waals surface area (Å²) in [6.07, 6.45) is 4.17. The number of aliphatic carboxylic acids is 1. The van der Waals surface area contributed by atoms with Crippen LogP contribution in [0.4, 0.5) is 4.79 Å². The van der Waals surface area contributed by atoms with Gasteiger partial charge in [-0.3, -0.25) is 0 Å². The molecule has 19 heavy (non-hydrogen) atoms. The molecular formula is C14H28N2O3. The molecule has 0 saturated carbocycles. The topological polar surface area (TPSA) is 78.4 Å². The zero-order valence-corrected chi connectivity index (χ0v) is 12.5. The third-order valence-corrected chi connectivity index (χ3v) is 3.56. The summed E-state index contributed by atoms with van der Waals surface area (Å²) < 4.78 is 0.